The van der Waals surface area contributed by atoms with Gasteiger partial charge >= 0.3 is 5.91 Å². The normalized spacial score (nSPS) is 17.9. The molecule has 2 aliphatic heterocycles. The molecule has 1 N–H and O–H groups in total. The van der Waals surface area contributed by atoms with Gasteiger partial charge in [0.25, 0.3) is 0 Å². The number of azo groups is 1. The summed E-state index contributed by atoms with van der Waals surface area (Å²) in [4.78, 5) is 36.8. The van der Waals surface area contributed by atoms with Crippen molar-refractivity contribution in [1.29, 1.82) is 0 Å². The minimum atomic E-state index is -0.612. The van der Waals surface area contributed by atoms with Gasteiger partial charge in [-0.3, -0.25) is 28.9 Å². The molecule has 3 aromatic carbocycles. The third-order valence-corrected chi connectivity index (χ3v) is 9.60. The number of para-hydroxylation sites is 1. The third-order valence-electron chi connectivity index (χ3n) is 8.39. The van der Waals surface area contributed by atoms with Crippen LogP contribution in [0.5, 0.6) is 11.6 Å². The summed E-state index contributed by atoms with van der Waals surface area (Å²) in [6, 6.07) is 24.8. The molecule has 2 amide bonds. The Morgan fingerprint density at radius 2 is 1.74 bits per heavy atom. The van der Waals surface area contributed by atoms with Gasteiger partial charge in [0.2, 0.25) is 11.8 Å². The van der Waals surface area contributed by atoms with E-state index in [-0.39, 0.29) is 29.5 Å². The Morgan fingerprint density at radius 1 is 0.978 bits per heavy atom. The molecule has 0 aliphatic carbocycles. The third kappa shape index (κ3) is 5.82. The molecule has 2 fully saturated rings. The minimum absolute atomic E-state index is 0.0152. The zero-order valence-electron chi connectivity index (χ0n) is 25.3. The Labute approximate surface area is 270 Å². The van der Waals surface area contributed by atoms with E-state index < -0.39 is 5.91 Å². The molecule has 11 nitrogen and oxygen atoms in total. The second kappa shape index (κ2) is 12.9. The standard InChI is InChI=1S/C34H33N7O4S/c1-38-16-18-39(19-17-38)22-40-26-12-6-5-10-24(26)32(33(40)44)37-36-29(42)20-45-28-14-13-27(25-11-7-15-35-31(25)28)41-30(43)21-46-34(41)23-8-3-2-4-9-23/h2-15,34,44H,16-22H2,1H3. The molecule has 1 atom stereocenters. The van der Waals surface area contributed by atoms with Crippen LogP contribution in [0.2, 0.25) is 0 Å². The van der Waals surface area contributed by atoms with Crippen molar-refractivity contribution in [2.24, 2.45) is 10.2 Å². The fourth-order valence-corrected chi connectivity index (χ4v) is 7.15. The molecule has 0 bridgehead atoms. The minimum Gasteiger partial charge on any atom is -0.493 e. The molecule has 4 heterocycles. The molecular weight excluding hydrogens is 602 g/mol. The number of anilines is 1. The van der Waals surface area contributed by atoms with Crippen LogP contribution in [-0.4, -0.2) is 81.9 Å². The van der Waals surface area contributed by atoms with Gasteiger partial charge in [0.05, 0.1) is 23.6 Å². The Kier molecular flexibility index (Phi) is 8.39. The number of rotatable bonds is 8. The van der Waals surface area contributed by atoms with E-state index in [1.807, 2.05) is 72.8 Å². The van der Waals surface area contributed by atoms with Crippen molar-refractivity contribution < 1.29 is 19.4 Å². The van der Waals surface area contributed by atoms with Crippen molar-refractivity contribution in [1.82, 2.24) is 19.4 Å². The highest BCUT2D eigenvalue weighted by atomic mass is 32.2. The second-order valence-corrected chi connectivity index (χ2v) is 12.5. The fourth-order valence-electron chi connectivity index (χ4n) is 5.98. The van der Waals surface area contributed by atoms with E-state index in [1.165, 1.54) is 0 Å². The maximum atomic E-state index is 13.1. The van der Waals surface area contributed by atoms with Crippen LogP contribution in [-0.2, 0) is 16.3 Å². The first kappa shape index (κ1) is 29.9. The molecule has 12 heteroatoms. The number of ether oxygens (including phenoxy) is 1. The quantitative estimate of drug-likeness (QED) is 0.220. The molecule has 2 saturated heterocycles. The van der Waals surface area contributed by atoms with Crippen LogP contribution < -0.4 is 9.64 Å². The SMILES string of the molecule is CN1CCN(Cn2c(O)c(N=NC(=O)COc3ccc(N4C(=O)CSC4c4ccccc4)c4cccnc34)c3ccccc32)CC1. The van der Waals surface area contributed by atoms with Crippen molar-refractivity contribution >= 4 is 56.8 Å². The average Bonchev–Trinajstić information content (AvgIpc) is 3.60. The van der Waals surface area contributed by atoms with Gasteiger partial charge in [0.1, 0.15) is 16.6 Å². The number of hydrogen-bond donors (Lipinski definition) is 1. The highest BCUT2D eigenvalue weighted by Gasteiger charge is 2.35. The van der Waals surface area contributed by atoms with Crippen LogP contribution in [0.4, 0.5) is 11.4 Å². The molecular formula is C34H33N7O4S. The number of carbonyl (C=O) groups is 2. The average molecular weight is 636 g/mol. The zero-order chi connectivity index (χ0) is 31.6. The summed E-state index contributed by atoms with van der Waals surface area (Å²) in [5.41, 5.74) is 3.37. The largest absolute Gasteiger partial charge is 0.493 e. The van der Waals surface area contributed by atoms with Crippen molar-refractivity contribution in [3.8, 4) is 11.6 Å². The lowest BCUT2D eigenvalue weighted by Gasteiger charge is -2.32. The molecule has 2 aliphatic rings. The highest BCUT2D eigenvalue weighted by Crippen LogP contribution is 2.45. The molecule has 234 valence electrons. The number of likely N-dealkylation sites (N-methyl/N-ethyl adjacent to an activating group) is 1. The van der Waals surface area contributed by atoms with Crippen molar-refractivity contribution in [2.75, 3.05) is 50.5 Å². The number of pyridine rings is 1. The number of piperazine rings is 1. The summed E-state index contributed by atoms with van der Waals surface area (Å²) in [7, 11) is 2.10. The molecule has 2 aromatic heterocycles. The Bertz CT molecular complexity index is 1940. The highest BCUT2D eigenvalue weighted by molar-refractivity contribution is 8.00. The van der Waals surface area contributed by atoms with E-state index in [0.717, 1.165) is 48.3 Å². The van der Waals surface area contributed by atoms with Gasteiger partial charge in [0.15, 0.2) is 12.3 Å². The summed E-state index contributed by atoms with van der Waals surface area (Å²) in [5, 5.41) is 20.5. The van der Waals surface area contributed by atoms with Crippen LogP contribution in [0.25, 0.3) is 21.8 Å². The first-order valence-corrected chi connectivity index (χ1v) is 16.2. The Hall–Kier alpha value is -4.78. The maximum absolute atomic E-state index is 13.1. The molecule has 46 heavy (non-hydrogen) atoms. The molecule has 0 radical (unpaired) electrons. The van der Waals surface area contributed by atoms with E-state index in [1.54, 1.807) is 33.5 Å². The van der Waals surface area contributed by atoms with Crippen molar-refractivity contribution in [3.05, 3.63) is 90.6 Å². The lowest BCUT2D eigenvalue weighted by molar-refractivity contribution is -0.120. The van der Waals surface area contributed by atoms with Crippen LogP contribution in [0.15, 0.2) is 95.3 Å². The molecule has 0 saturated carbocycles. The van der Waals surface area contributed by atoms with Gasteiger partial charge in [-0.1, -0.05) is 48.5 Å². The number of carbonyl (C=O) groups excluding carboxylic acids is 2. The maximum Gasteiger partial charge on any atom is 0.302 e. The first-order valence-electron chi connectivity index (χ1n) is 15.1. The molecule has 7 rings (SSSR count). The summed E-state index contributed by atoms with van der Waals surface area (Å²) in [6.45, 7) is 3.83. The predicted octanol–water partition coefficient (Wildman–Crippen LogP) is 5.57. The molecule has 1 unspecified atom stereocenters. The molecule has 0 spiro atoms. The van der Waals surface area contributed by atoms with Gasteiger partial charge in [-0.15, -0.1) is 22.0 Å². The number of amides is 2. The van der Waals surface area contributed by atoms with Crippen LogP contribution in [0.3, 0.4) is 0 Å². The van der Waals surface area contributed by atoms with E-state index in [0.29, 0.717) is 29.1 Å². The number of thioether (sulfide) groups is 1. The van der Waals surface area contributed by atoms with Crippen LogP contribution in [0.1, 0.15) is 10.9 Å². The summed E-state index contributed by atoms with van der Waals surface area (Å²) < 4.78 is 7.71. The predicted molar refractivity (Wildman–Crippen MR) is 179 cm³/mol. The van der Waals surface area contributed by atoms with Gasteiger partial charge in [-0.2, -0.15) is 0 Å². The van der Waals surface area contributed by atoms with Crippen molar-refractivity contribution in [3.63, 3.8) is 0 Å². The van der Waals surface area contributed by atoms with E-state index in [9.17, 15) is 14.7 Å². The number of aromatic nitrogens is 2. The first-order chi connectivity index (χ1) is 22.5. The summed E-state index contributed by atoms with van der Waals surface area (Å²) in [5.74, 6) is 0.139. The van der Waals surface area contributed by atoms with Gasteiger partial charge < -0.3 is 14.7 Å². The van der Waals surface area contributed by atoms with Gasteiger partial charge in [-0.05, 0) is 42.9 Å². The second-order valence-electron chi connectivity index (χ2n) is 11.4. The van der Waals surface area contributed by atoms with Gasteiger partial charge in [0, 0.05) is 43.1 Å². The summed E-state index contributed by atoms with van der Waals surface area (Å²) in [6.07, 6.45) is 1.65. The Morgan fingerprint density at radius 3 is 2.57 bits per heavy atom. The Balaban J connectivity index is 1.10. The fraction of sp³-hybridized carbons (Fsp3) is 0.265. The number of hydrogen-bond acceptors (Lipinski definition) is 9. The number of aromatic hydroxyl groups is 1. The number of fused-ring (bicyclic) bond motifs is 2. The molecule has 5 aromatic rings. The smallest absolute Gasteiger partial charge is 0.302 e. The van der Waals surface area contributed by atoms with Crippen LogP contribution >= 0.6 is 11.8 Å². The lowest BCUT2D eigenvalue weighted by atomic mass is 10.1. The topological polar surface area (TPSA) is 116 Å². The van der Waals surface area contributed by atoms with E-state index in [4.69, 9.17) is 4.74 Å². The zero-order valence-corrected chi connectivity index (χ0v) is 26.1. The van der Waals surface area contributed by atoms with E-state index >= 15 is 0 Å². The van der Waals surface area contributed by atoms with Crippen molar-refractivity contribution in [2.45, 2.75) is 12.0 Å². The lowest BCUT2D eigenvalue weighted by Crippen LogP contribution is -2.44. The summed E-state index contributed by atoms with van der Waals surface area (Å²) >= 11 is 1.58. The van der Waals surface area contributed by atoms with E-state index in [2.05, 4.69) is 32.1 Å². The number of benzene rings is 3. The van der Waals surface area contributed by atoms with Crippen LogP contribution in [0, 0.1) is 0 Å². The van der Waals surface area contributed by atoms with Gasteiger partial charge in [-0.25, -0.2) is 0 Å². The monoisotopic (exact) mass is 635 g/mol. The number of nitrogens with zero attached hydrogens (tertiary/aromatic N) is 7.